The fraction of sp³-hybridized carbons (Fsp3) is 0.760. The van der Waals surface area contributed by atoms with E-state index in [1.807, 2.05) is 0 Å². The summed E-state index contributed by atoms with van der Waals surface area (Å²) in [6.45, 7) is 3.81. The van der Waals surface area contributed by atoms with Gasteiger partial charge in [-0.3, -0.25) is 19.2 Å². The van der Waals surface area contributed by atoms with Crippen LogP contribution >= 0.6 is 0 Å². The van der Waals surface area contributed by atoms with Gasteiger partial charge in [0.2, 0.25) is 0 Å². The van der Waals surface area contributed by atoms with Gasteiger partial charge in [0, 0.05) is 11.8 Å². The molecule has 0 aliphatic heterocycles. The van der Waals surface area contributed by atoms with Crippen LogP contribution < -0.4 is 0 Å². The van der Waals surface area contributed by atoms with Gasteiger partial charge in [0.15, 0.2) is 11.6 Å². The van der Waals surface area contributed by atoms with Crippen molar-refractivity contribution in [3.8, 4) is 0 Å². The quantitative estimate of drug-likeness (QED) is 0.378. The van der Waals surface area contributed by atoms with Crippen molar-refractivity contribution in [1.82, 2.24) is 0 Å². The number of hydrogen-bond donors (Lipinski definition) is 5. The molecule has 4 rings (SSSR count). The highest BCUT2D eigenvalue weighted by Crippen LogP contribution is 2.67. The SMILES string of the molecule is C[C@]12CCC(=O)C=C1CC[C@@H]1[C@@H]2[C@@H](O)C[C@@]2(C)[C@H]1CC[C@]2(O)C(=O)C(O)C(CC(=O)O)C(=O)O. The Kier molecular flexibility index (Phi) is 6.06. The van der Waals surface area contributed by atoms with Crippen molar-refractivity contribution >= 4 is 23.5 Å². The standard InChI is InChI=1S/C25H34O9/c1-23-7-5-13(26)9-12(23)3-4-14-16-6-8-25(34,24(16,2)11-17(27)19(14)23)21(31)20(30)15(22(32)33)10-18(28)29/h9,14-17,19-20,27,30,34H,3-8,10-11H2,1-2H3,(H,28,29)(H,32,33)/t14-,15?,16-,17-,19+,20?,23-,24-,25-/m0/s1. The van der Waals surface area contributed by atoms with Gasteiger partial charge in [0.05, 0.1) is 12.5 Å². The van der Waals surface area contributed by atoms with E-state index in [4.69, 9.17) is 5.11 Å². The van der Waals surface area contributed by atoms with Crippen LogP contribution in [0.5, 0.6) is 0 Å². The van der Waals surface area contributed by atoms with Crippen LogP contribution in [0.3, 0.4) is 0 Å². The van der Waals surface area contributed by atoms with E-state index in [1.54, 1.807) is 13.0 Å². The summed E-state index contributed by atoms with van der Waals surface area (Å²) in [7, 11) is 0. The normalized spacial score (nSPS) is 43.1. The average Bonchev–Trinajstić information content (AvgIpc) is 3.02. The summed E-state index contributed by atoms with van der Waals surface area (Å²) in [4.78, 5) is 48.0. The maximum absolute atomic E-state index is 13.4. The van der Waals surface area contributed by atoms with Crippen LogP contribution in [0, 0.1) is 34.5 Å². The topological polar surface area (TPSA) is 169 Å². The number of aliphatic hydroxyl groups excluding tert-OH is 2. The Labute approximate surface area is 197 Å². The lowest BCUT2D eigenvalue weighted by Crippen LogP contribution is -2.63. The molecule has 0 aromatic heterocycles. The maximum atomic E-state index is 13.4. The number of rotatable bonds is 6. The van der Waals surface area contributed by atoms with Crippen molar-refractivity contribution in [2.45, 2.75) is 83.0 Å². The summed E-state index contributed by atoms with van der Waals surface area (Å²) in [5, 5.41) is 52.1. The molecule has 188 valence electrons. The van der Waals surface area contributed by atoms with E-state index in [2.05, 4.69) is 6.92 Å². The molecule has 5 N–H and O–H groups in total. The molecular formula is C25H34O9. The molecule has 9 nitrogen and oxygen atoms in total. The summed E-state index contributed by atoms with van der Waals surface area (Å²) in [6, 6.07) is 0. The Morgan fingerprint density at radius 1 is 1.12 bits per heavy atom. The highest BCUT2D eigenvalue weighted by Gasteiger charge is 2.69. The lowest BCUT2D eigenvalue weighted by Gasteiger charge is -2.60. The second kappa shape index (κ2) is 8.24. The zero-order chi connectivity index (χ0) is 25.2. The van der Waals surface area contributed by atoms with Crippen LogP contribution in [0.25, 0.3) is 0 Å². The molecule has 3 fully saturated rings. The minimum absolute atomic E-state index is 0.00244. The molecule has 0 spiro atoms. The minimum Gasteiger partial charge on any atom is -0.481 e. The Morgan fingerprint density at radius 3 is 2.41 bits per heavy atom. The number of aliphatic carboxylic acids is 2. The van der Waals surface area contributed by atoms with E-state index in [9.17, 15) is 39.6 Å². The second-order valence-corrected chi connectivity index (χ2v) is 11.3. The van der Waals surface area contributed by atoms with Crippen LogP contribution in [0.4, 0.5) is 0 Å². The largest absolute Gasteiger partial charge is 0.481 e. The first kappa shape index (κ1) is 25.0. The van der Waals surface area contributed by atoms with Crippen molar-refractivity contribution in [3.63, 3.8) is 0 Å². The number of ketones is 2. The molecule has 4 aliphatic carbocycles. The first-order valence-electron chi connectivity index (χ1n) is 12.1. The van der Waals surface area contributed by atoms with E-state index in [-0.39, 0.29) is 41.8 Å². The summed E-state index contributed by atoms with van der Waals surface area (Å²) < 4.78 is 0. The van der Waals surface area contributed by atoms with Gasteiger partial charge < -0.3 is 25.5 Å². The molecule has 34 heavy (non-hydrogen) atoms. The third kappa shape index (κ3) is 3.46. The van der Waals surface area contributed by atoms with Crippen molar-refractivity contribution in [2.24, 2.45) is 34.5 Å². The van der Waals surface area contributed by atoms with Gasteiger partial charge in [0.25, 0.3) is 0 Å². The fourth-order valence-corrected chi connectivity index (χ4v) is 8.05. The van der Waals surface area contributed by atoms with Gasteiger partial charge in [0.1, 0.15) is 17.6 Å². The number of allylic oxidation sites excluding steroid dienone is 1. The molecule has 9 atom stereocenters. The molecule has 0 bridgehead atoms. The Bertz CT molecular complexity index is 956. The zero-order valence-electron chi connectivity index (χ0n) is 19.6. The molecule has 0 heterocycles. The van der Waals surface area contributed by atoms with Crippen LogP contribution in [0.15, 0.2) is 11.6 Å². The summed E-state index contributed by atoms with van der Waals surface area (Å²) in [5.74, 6) is -6.21. The van der Waals surface area contributed by atoms with Crippen molar-refractivity contribution in [2.75, 3.05) is 0 Å². The number of hydrogen-bond acceptors (Lipinski definition) is 7. The number of carboxylic acids is 2. The molecule has 0 aromatic rings. The highest BCUT2D eigenvalue weighted by atomic mass is 16.4. The van der Waals surface area contributed by atoms with Gasteiger partial charge in [-0.05, 0) is 67.8 Å². The van der Waals surface area contributed by atoms with Crippen LogP contribution in [-0.2, 0) is 19.2 Å². The second-order valence-electron chi connectivity index (χ2n) is 11.3. The molecule has 0 radical (unpaired) electrons. The Morgan fingerprint density at radius 2 is 1.79 bits per heavy atom. The summed E-state index contributed by atoms with van der Waals surface area (Å²) in [5.41, 5.74) is -2.45. The van der Waals surface area contributed by atoms with Crippen LogP contribution in [0.2, 0.25) is 0 Å². The predicted octanol–water partition coefficient (Wildman–Crippen LogP) is 1.33. The predicted molar refractivity (Wildman–Crippen MR) is 117 cm³/mol. The molecule has 0 saturated heterocycles. The summed E-state index contributed by atoms with van der Waals surface area (Å²) in [6.07, 6.45) is 0.824. The minimum atomic E-state index is -2.17. The van der Waals surface area contributed by atoms with E-state index in [1.165, 1.54) is 0 Å². The summed E-state index contributed by atoms with van der Waals surface area (Å²) >= 11 is 0. The molecule has 0 amide bonds. The molecule has 4 aliphatic rings. The molecule has 9 heteroatoms. The molecular weight excluding hydrogens is 444 g/mol. The van der Waals surface area contributed by atoms with E-state index >= 15 is 0 Å². The van der Waals surface area contributed by atoms with Gasteiger partial charge in [-0.2, -0.15) is 0 Å². The van der Waals surface area contributed by atoms with Gasteiger partial charge in [-0.15, -0.1) is 0 Å². The van der Waals surface area contributed by atoms with Crippen LogP contribution in [0.1, 0.15) is 65.2 Å². The number of carbonyl (C=O) groups is 4. The van der Waals surface area contributed by atoms with Crippen molar-refractivity contribution in [1.29, 1.82) is 0 Å². The fourth-order valence-electron chi connectivity index (χ4n) is 8.05. The van der Waals surface area contributed by atoms with E-state index in [0.29, 0.717) is 32.1 Å². The zero-order valence-corrected chi connectivity index (χ0v) is 19.6. The lowest BCUT2D eigenvalue weighted by molar-refractivity contribution is -0.189. The maximum Gasteiger partial charge on any atom is 0.310 e. The smallest absolute Gasteiger partial charge is 0.310 e. The highest BCUT2D eigenvalue weighted by molar-refractivity contribution is 5.96. The Hall–Kier alpha value is -2.10. The van der Waals surface area contributed by atoms with Crippen molar-refractivity contribution in [3.05, 3.63) is 11.6 Å². The number of carbonyl (C=O) groups excluding carboxylic acids is 2. The first-order chi connectivity index (χ1) is 15.8. The Balaban J connectivity index is 1.66. The monoisotopic (exact) mass is 478 g/mol. The van der Waals surface area contributed by atoms with E-state index < -0.39 is 53.3 Å². The van der Waals surface area contributed by atoms with E-state index in [0.717, 1.165) is 5.57 Å². The molecule has 2 unspecified atom stereocenters. The number of carboxylic acid groups (broad SMARTS) is 2. The van der Waals surface area contributed by atoms with Crippen molar-refractivity contribution < 1.29 is 44.7 Å². The third-order valence-electron chi connectivity index (χ3n) is 9.82. The third-order valence-corrected chi connectivity index (χ3v) is 9.82. The molecule has 3 saturated carbocycles. The van der Waals surface area contributed by atoms with Gasteiger partial charge in [-0.25, -0.2) is 0 Å². The average molecular weight is 479 g/mol. The van der Waals surface area contributed by atoms with Gasteiger partial charge >= 0.3 is 11.9 Å². The lowest BCUT2D eigenvalue weighted by atomic mass is 9.45. The van der Waals surface area contributed by atoms with Gasteiger partial charge in [-0.1, -0.05) is 19.4 Å². The molecule has 0 aromatic carbocycles. The number of fused-ring (bicyclic) bond motifs is 5. The number of Topliss-reactive ketones (excluding diaryl/α,β-unsaturated/α-hetero) is 1. The van der Waals surface area contributed by atoms with Crippen LogP contribution in [-0.4, -0.2) is 66.8 Å². The number of aliphatic hydroxyl groups is 3. The first-order valence-corrected chi connectivity index (χ1v) is 12.1.